The average Bonchev–Trinajstić information content (AvgIpc) is 2.63. The van der Waals surface area contributed by atoms with Crippen molar-refractivity contribution in [2.45, 2.75) is 26.9 Å². The Balaban J connectivity index is 2.36. The van der Waals surface area contributed by atoms with Crippen LogP contribution < -0.4 is 10.6 Å². The molecule has 2 unspecified atom stereocenters. The molecule has 4 heteroatoms. The van der Waals surface area contributed by atoms with Gasteiger partial charge in [-0.05, 0) is 37.5 Å². The SMILES string of the molecule is CCOC(=O)C(CP(c1ccccc1)c1ccccc1)C(O)C(C)C. The second-order valence-electron chi connectivity index (χ2n) is 6.37. The highest BCUT2D eigenvalue weighted by atomic mass is 31.1. The molecule has 2 aromatic rings. The molecule has 0 radical (unpaired) electrons. The standard InChI is InChI=1S/C21H27O3P/c1-4-24-21(23)19(20(22)16(2)3)15-25(17-11-7-5-8-12-17)18-13-9-6-10-14-18/h5-14,16,19-20,22H,4,15H2,1-3H3. The molecule has 25 heavy (non-hydrogen) atoms. The van der Waals surface area contributed by atoms with Crippen molar-refractivity contribution in [3.05, 3.63) is 60.7 Å². The summed E-state index contributed by atoms with van der Waals surface area (Å²) in [5.41, 5.74) is 0. The maximum Gasteiger partial charge on any atom is 0.311 e. The molecule has 1 N–H and O–H groups in total. The van der Waals surface area contributed by atoms with Gasteiger partial charge in [-0.25, -0.2) is 0 Å². The van der Waals surface area contributed by atoms with E-state index in [0.717, 1.165) is 0 Å². The summed E-state index contributed by atoms with van der Waals surface area (Å²) in [5, 5.41) is 13.0. The molecule has 0 saturated carbocycles. The minimum absolute atomic E-state index is 0.00203. The first-order chi connectivity index (χ1) is 12.0. The molecule has 0 aliphatic carbocycles. The minimum atomic E-state index is -0.751. The molecule has 0 aliphatic rings. The fourth-order valence-corrected chi connectivity index (χ4v) is 5.35. The van der Waals surface area contributed by atoms with Crippen LogP contribution in [-0.2, 0) is 9.53 Å². The van der Waals surface area contributed by atoms with E-state index in [9.17, 15) is 9.90 Å². The first kappa shape index (κ1) is 19.6. The zero-order valence-electron chi connectivity index (χ0n) is 15.1. The molecule has 0 heterocycles. The molecule has 3 nitrogen and oxygen atoms in total. The first-order valence-corrected chi connectivity index (χ1v) is 10.3. The molecule has 134 valence electrons. The summed E-state index contributed by atoms with van der Waals surface area (Å²) in [5.74, 6) is -0.827. The number of aliphatic hydroxyl groups excluding tert-OH is 1. The number of rotatable bonds is 8. The van der Waals surface area contributed by atoms with Crippen molar-refractivity contribution < 1.29 is 14.6 Å². The van der Waals surface area contributed by atoms with Crippen LogP contribution in [-0.4, -0.2) is 29.9 Å². The minimum Gasteiger partial charge on any atom is -0.466 e. The summed E-state index contributed by atoms with van der Waals surface area (Å²) >= 11 is 0. The molecule has 2 atom stereocenters. The fraction of sp³-hybridized carbons (Fsp3) is 0.381. The molecule has 2 rings (SSSR count). The molecule has 0 saturated heterocycles. The number of benzene rings is 2. The van der Waals surface area contributed by atoms with Crippen molar-refractivity contribution in [1.82, 2.24) is 0 Å². The Hall–Kier alpha value is -1.70. The Bertz CT molecular complexity index is 603. The van der Waals surface area contributed by atoms with E-state index in [2.05, 4.69) is 24.3 Å². The number of hydrogen-bond donors (Lipinski definition) is 1. The van der Waals surface area contributed by atoms with Crippen LogP contribution in [0.3, 0.4) is 0 Å². The third-order valence-electron chi connectivity index (χ3n) is 4.20. The Morgan fingerprint density at radius 1 is 1.00 bits per heavy atom. The van der Waals surface area contributed by atoms with Crippen LogP contribution in [0.15, 0.2) is 60.7 Å². The van der Waals surface area contributed by atoms with E-state index in [-0.39, 0.29) is 11.9 Å². The number of ether oxygens (including phenoxy) is 1. The summed E-state index contributed by atoms with van der Waals surface area (Å²) in [6.07, 6.45) is -0.127. The summed E-state index contributed by atoms with van der Waals surface area (Å²) in [6.45, 7) is 6.00. The van der Waals surface area contributed by atoms with Crippen molar-refractivity contribution >= 4 is 24.5 Å². The van der Waals surface area contributed by atoms with Gasteiger partial charge < -0.3 is 9.84 Å². The van der Waals surface area contributed by atoms with Crippen LogP contribution in [0.1, 0.15) is 20.8 Å². The van der Waals surface area contributed by atoms with Gasteiger partial charge in [-0.1, -0.05) is 74.5 Å². The van der Waals surface area contributed by atoms with Gasteiger partial charge in [0.1, 0.15) is 0 Å². The zero-order valence-corrected chi connectivity index (χ0v) is 16.0. The van der Waals surface area contributed by atoms with Crippen molar-refractivity contribution in [3.8, 4) is 0 Å². The maximum atomic E-state index is 12.5. The molecule has 0 aromatic heterocycles. The number of hydrogen-bond acceptors (Lipinski definition) is 3. The van der Waals surface area contributed by atoms with Crippen LogP contribution in [0.4, 0.5) is 0 Å². The van der Waals surface area contributed by atoms with E-state index in [1.165, 1.54) is 10.6 Å². The van der Waals surface area contributed by atoms with Gasteiger partial charge >= 0.3 is 5.97 Å². The van der Waals surface area contributed by atoms with Crippen molar-refractivity contribution in [2.75, 3.05) is 12.8 Å². The number of aliphatic hydroxyl groups is 1. The third kappa shape index (κ3) is 5.39. The lowest BCUT2D eigenvalue weighted by molar-refractivity contribution is -0.152. The van der Waals surface area contributed by atoms with Gasteiger partial charge in [-0.15, -0.1) is 0 Å². The van der Waals surface area contributed by atoms with Gasteiger partial charge in [0.05, 0.1) is 18.6 Å². The maximum absolute atomic E-state index is 12.5. The van der Waals surface area contributed by atoms with Crippen LogP contribution in [0.25, 0.3) is 0 Å². The number of carbonyl (C=O) groups excluding carboxylic acids is 1. The quantitative estimate of drug-likeness (QED) is 0.582. The smallest absolute Gasteiger partial charge is 0.311 e. The van der Waals surface area contributed by atoms with Crippen LogP contribution in [0.5, 0.6) is 0 Å². The second kappa shape index (κ2) is 9.70. The van der Waals surface area contributed by atoms with E-state index in [1.807, 2.05) is 50.2 Å². The lowest BCUT2D eigenvalue weighted by atomic mass is 9.95. The zero-order chi connectivity index (χ0) is 18.2. The van der Waals surface area contributed by atoms with Gasteiger partial charge in [0.15, 0.2) is 0 Å². The van der Waals surface area contributed by atoms with Gasteiger partial charge in [0, 0.05) is 0 Å². The number of carbonyl (C=O) groups is 1. The summed E-state index contributed by atoms with van der Waals surface area (Å²) in [6, 6.07) is 20.5. The summed E-state index contributed by atoms with van der Waals surface area (Å²) in [4.78, 5) is 12.5. The van der Waals surface area contributed by atoms with Gasteiger partial charge in [0.25, 0.3) is 0 Å². The highest BCUT2D eigenvalue weighted by Crippen LogP contribution is 2.38. The van der Waals surface area contributed by atoms with Gasteiger partial charge in [-0.2, -0.15) is 0 Å². The largest absolute Gasteiger partial charge is 0.466 e. The molecule has 0 spiro atoms. The number of esters is 1. The van der Waals surface area contributed by atoms with Crippen molar-refractivity contribution in [1.29, 1.82) is 0 Å². The molecule has 0 fully saturated rings. The van der Waals surface area contributed by atoms with Crippen LogP contribution in [0, 0.1) is 11.8 Å². The monoisotopic (exact) mass is 358 g/mol. The van der Waals surface area contributed by atoms with E-state index < -0.39 is 19.9 Å². The van der Waals surface area contributed by atoms with Crippen LogP contribution >= 0.6 is 7.92 Å². The Morgan fingerprint density at radius 3 is 1.88 bits per heavy atom. The lowest BCUT2D eigenvalue weighted by Gasteiger charge is -2.28. The predicted octanol–water partition coefficient (Wildman–Crippen LogP) is 3.32. The third-order valence-corrected chi connectivity index (χ3v) is 6.80. The average molecular weight is 358 g/mol. The van der Waals surface area contributed by atoms with Gasteiger partial charge in [0.2, 0.25) is 0 Å². The molecular weight excluding hydrogens is 331 g/mol. The fourth-order valence-electron chi connectivity index (χ4n) is 2.81. The highest BCUT2D eigenvalue weighted by Gasteiger charge is 2.33. The molecule has 0 bridgehead atoms. The van der Waals surface area contributed by atoms with E-state index in [1.54, 1.807) is 6.92 Å². The first-order valence-electron chi connectivity index (χ1n) is 8.77. The van der Waals surface area contributed by atoms with Gasteiger partial charge in [-0.3, -0.25) is 4.79 Å². The summed E-state index contributed by atoms with van der Waals surface area (Å²) in [7, 11) is -0.751. The molecular formula is C21H27O3P. The van der Waals surface area contributed by atoms with E-state index >= 15 is 0 Å². The molecule has 0 amide bonds. The molecule has 2 aromatic carbocycles. The lowest BCUT2D eigenvalue weighted by Crippen LogP contribution is -2.37. The van der Waals surface area contributed by atoms with Crippen molar-refractivity contribution in [3.63, 3.8) is 0 Å². The normalized spacial score (nSPS) is 13.7. The van der Waals surface area contributed by atoms with Crippen LogP contribution in [0.2, 0.25) is 0 Å². The highest BCUT2D eigenvalue weighted by molar-refractivity contribution is 7.73. The topological polar surface area (TPSA) is 46.5 Å². The van der Waals surface area contributed by atoms with Crippen molar-refractivity contribution in [2.24, 2.45) is 11.8 Å². The van der Waals surface area contributed by atoms with E-state index in [0.29, 0.717) is 12.8 Å². The predicted molar refractivity (Wildman–Crippen MR) is 105 cm³/mol. The molecule has 0 aliphatic heterocycles. The Morgan fingerprint density at radius 2 is 1.48 bits per heavy atom. The van der Waals surface area contributed by atoms with E-state index in [4.69, 9.17) is 4.74 Å². The summed E-state index contributed by atoms with van der Waals surface area (Å²) < 4.78 is 5.26. The Labute approximate surface area is 151 Å². The second-order valence-corrected chi connectivity index (χ2v) is 8.63. The Kier molecular flexibility index (Phi) is 7.61.